The molecule has 0 fully saturated rings. The molecule has 29 heavy (non-hydrogen) atoms. The van der Waals surface area contributed by atoms with Crippen molar-refractivity contribution in [2.45, 2.75) is 46.1 Å². The summed E-state index contributed by atoms with van der Waals surface area (Å²) in [4.78, 5) is 23.1. The lowest BCUT2D eigenvalue weighted by Crippen LogP contribution is -2.21. The Bertz CT molecular complexity index is 772. The van der Waals surface area contributed by atoms with Gasteiger partial charge in [-0.2, -0.15) is 0 Å². The number of benzene rings is 2. The van der Waals surface area contributed by atoms with E-state index in [4.69, 9.17) is 9.47 Å². The van der Waals surface area contributed by atoms with E-state index >= 15 is 0 Å². The van der Waals surface area contributed by atoms with Gasteiger partial charge in [0.1, 0.15) is 6.10 Å². The summed E-state index contributed by atoms with van der Waals surface area (Å²) in [5, 5.41) is 5.50. The summed E-state index contributed by atoms with van der Waals surface area (Å²) in [6, 6.07) is 15.4. The Kier molecular flexibility index (Phi) is 9.18. The molecule has 0 heterocycles. The molecular formula is C23H30N2O4. The Morgan fingerprint density at radius 2 is 1.45 bits per heavy atom. The topological polar surface area (TPSA) is 76.7 Å². The molecule has 0 spiro atoms. The molecule has 0 bridgehead atoms. The summed E-state index contributed by atoms with van der Waals surface area (Å²) in [7, 11) is 0. The third-order valence-electron chi connectivity index (χ3n) is 4.21. The second-order valence-corrected chi connectivity index (χ2v) is 6.99. The predicted octanol–water partition coefficient (Wildman–Crippen LogP) is 4.99. The van der Waals surface area contributed by atoms with Gasteiger partial charge in [-0.25, -0.2) is 4.79 Å². The molecule has 0 saturated carbocycles. The zero-order valence-corrected chi connectivity index (χ0v) is 17.4. The second-order valence-electron chi connectivity index (χ2n) is 6.99. The van der Waals surface area contributed by atoms with Crippen molar-refractivity contribution >= 4 is 23.4 Å². The first-order valence-electron chi connectivity index (χ1n) is 9.97. The lowest BCUT2D eigenvalue weighted by molar-refractivity contribution is -0.114. The van der Waals surface area contributed by atoms with E-state index in [2.05, 4.69) is 17.6 Å². The van der Waals surface area contributed by atoms with Crippen molar-refractivity contribution in [3.8, 4) is 0 Å². The zero-order chi connectivity index (χ0) is 21.1. The fraction of sp³-hybridized carbons (Fsp3) is 0.391. The summed E-state index contributed by atoms with van der Waals surface area (Å²) in [5.74, 6) is -0.0846. The molecule has 2 aromatic rings. The Labute approximate surface area is 172 Å². The fourth-order valence-electron chi connectivity index (χ4n) is 2.74. The molecule has 2 rings (SSSR count). The van der Waals surface area contributed by atoms with Gasteiger partial charge in [-0.05, 0) is 55.2 Å². The summed E-state index contributed by atoms with van der Waals surface area (Å²) in [5.41, 5.74) is 3.73. The van der Waals surface area contributed by atoms with E-state index in [1.165, 1.54) is 6.92 Å². The highest BCUT2D eigenvalue weighted by Gasteiger charge is 2.10. The quantitative estimate of drug-likeness (QED) is 0.553. The average molecular weight is 399 g/mol. The molecule has 0 aliphatic heterocycles. The highest BCUT2D eigenvalue weighted by atomic mass is 16.6. The number of nitrogens with one attached hydrogen (secondary N) is 2. The molecule has 6 nitrogen and oxygen atoms in total. The van der Waals surface area contributed by atoms with E-state index in [-0.39, 0.29) is 12.0 Å². The number of rotatable bonds is 10. The van der Waals surface area contributed by atoms with Gasteiger partial charge in [0.05, 0.1) is 6.61 Å². The van der Waals surface area contributed by atoms with Gasteiger partial charge in [-0.3, -0.25) is 10.1 Å². The van der Waals surface area contributed by atoms with Crippen LogP contribution in [-0.2, 0) is 20.7 Å². The van der Waals surface area contributed by atoms with Crippen LogP contribution in [0, 0.1) is 0 Å². The standard InChI is InChI=1S/C23H30N2O4/c1-4-14-28-15-13-17(2)29-23(27)25-22-11-7-20(8-12-22)16-19-5-9-21(10-6-19)24-18(3)26/h5-12,17H,4,13-16H2,1-3H3,(H,24,26)(H,25,27). The Morgan fingerprint density at radius 3 is 1.97 bits per heavy atom. The first-order chi connectivity index (χ1) is 14.0. The van der Waals surface area contributed by atoms with E-state index in [1.54, 1.807) is 0 Å². The van der Waals surface area contributed by atoms with Crippen LogP contribution in [0.2, 0.25) is 0 Å². The lowest BCUT2D eigenvalue weighted by atomic mass is 10.0. The third kappa shape index (κ3) is 8.79. The maximum atomic E-state index is 12.0. The number of carbonyl (C=O) groups is 2. The maximum absolute atomic E-state index is 12.0. The van der Waals surface area contributed by atoms with Gasteiger partial charge in [0.25, 0.3) is 0 Å². The molecule has 1 unspecified atom stereocenters. The summed E-state index contributed by atoms with van der Waals surface area (Å²) in [6.07, 6.45) is 1.75. The van der Waals surface area contributed by atoms with Crippen LogP contribution in [0.5, 0.6) is 0 Å². The molecule has 156 valence electrons. The van der Waals surface area contributed by atoms with Crippen LogP contribution in [0.25, 0.3) is 0 Å². The second kappa shape index (κ2) is 11.9. The number of carbonyl (C=O) groups excluding carboxylic acids is 2. The molecule has 0 radical (unpaired) electrons. The van der Waals surface area contributed by atoms with Crippen molar-refractivity contribution in [2.75, 3.05) is 23.8 Å². The maximum Gasteiger partial charge on any atom is 0.411 e. The highest BCUT2D eigenvalue weighted by molar-refractivity contribution is 5.88. The molecule has 2 amide bonds. The van der Waals surface area contributed by atoms with Gasteiger partial charge >= 0.3 is 6.09 Å². The van der Waals surface area contributed by atoms with E-state index in [0.717, 1.165) is 36.3 Å². The highest BCUT2D eigenvalue weighted by Crippen LogP contribution is 2.16. The minimum atomic E-state index is -0.464. The smallest absolute Gasteiger partial charge is 0.411 e. The molecule has 2 N–H and O–H groups in total. The predicted molar refractivity (Wildman–Crippen MR) is 115 cm³/mol. The summed E-state index contributed by atoms with van der Waals surface area (Å²) >= 11 is 0. The largest absolute Gasteiger partial charge is 0.446 e. The van der Waals surface area contributed by atoms with E-state index in [9.17, 15) is 9.59 Å². The van der Waals surface area contributed by atoms with Crippen LogP contribution >= 0.6 is 0 Å². The summed E-state index contributed by atoms with van der Waals surface area (Å²) in [6.45, 7) is 6.72. The number of hydrogen-bond acceptors (Lipinski definition) is 4. The Balaban J connectivity index is 1.79. The Morgan fingerprint density at radius 1 is 0.897 bits per heavy atom. The van der Waals surface area contributed by atoms with Crippen molar-refractivity contribution < 1.29 is 19.1 Å². The number of anilines is 2. The number of ether oxygens (including phenoxy) is 2. The van der Waals surface area contributed by atoms with Gasteiger partial charge in [-0.1, -0.05) is 31.2 Å². The van der Waals surface area contributed by atoms with Gasteiger partial charge in [-0.15, -0.1) is 0 Å². The molecule has 1 atom stereocenters. The first kappa shape index (κ1) is 22.4. The first-order valence-corrected chi connectivity index (χ1v) is 9.97. The van der Waals surface area contributed by atoms with Crippen LogP contribution < -0.4 is 10.6 Å². The van der Waals surface area contributed by atoms with Gasteiger partial charge in [0.2, 0.25) is 5.91 Å². The number of hydrogen-bond donors (Lipinski definition) is 2. The molecule has 2 aromatic carbocycles. The molecule has 0 aliphatic rings. The minimum Gasteiger partial charge on any atom is -0.446 e. The zero-order valence-electron chi connectivity index (χ0n) is 17.4. The SMILES string of the molecule is CCCOCCC(C)OC(=O)Nc1ccc(Cc2ccc(NC(C)=O)cc2)cc1. The van der Waals surface area contributed by atoms with Crippen molar-refractivity contribution in [3.05, 3.63) is 59.7 Å². The monoisotopic (exact) mass is 398 g/mol. The molecule has 0 saturated heterocycles. The Hall–Kier alpha value is -2.86. The summed E-state index contributed by atoms with van der Waals surface area (Å²) < 4.78 is 10.7. The lowest BCUT2D eigenvalue weighted by Gasteiger charge is -2.14. The van der Waals surface area contributed by atoms with Crippen LogP contribution in [0.1, 0.15) is 44.7 Å². The van der Waals surface area contributed by atoms with Crippen LogP contribution in [-0.4, -0.2) is 31.3 Å². The van der Waals surface area contributed by atoms with Gasteiger partial charge in [0, 0.05) is 31.3 Å². The normalized spacial score (nSPS) is 11.6. The van der Waals surface area contributed by atoms with Crippen LogP contribution in [0.15, 0.2) is 48.5 Å². The molecule has 6 heteroatoms. The van der Waals surface area contributed by atoms with Crippen LogP contribution in [0.4, 0.5) is 16.2 Å². The fourth-order valence-corrected chi connectivity index (χ4v) is 2.74. The minimum absolute atomic E-state index is 0.0846. The van der Waals surface area contributed by atoms with Crippen molar-refractivity contribution in [1.82, 2.24) is 0 Å². The third-order valence-corrected chi connectivity index (χ3v) is 4.21. The van der Waals surface area contributed by atoms with Crippen molar-refractivity contribution in [1.29, 1.82) is 0 Å². The van der Waals surface area contributed by atoms with Crippen molar-refractivity contribution in [2.24, 2.45) is 0 Å². The van der Waals surface area contributed by atoms with Gasteiger partial charge < -0.3 is 14.8 Å². The molecule has 0 aromatic heterocycles. The van der Waals surface area contributed by atoms with Crippen LogP contribution in [0.3, 0.4) is 0 Å². The average Bonchev–Trinajstić information content (AvgIpc) is 2.68. The van der Waals surface area contributed by atoms with Gasteiger partial charge in [0.15, 0.2) is 0 Å². The van der Waals surface area contributed by atoms with E-state index in [0.29, 0.717) is 18.7 Å². The number of amides is 2. The van der Waals surface area contributed by atoms with E-state index < -0.39 is 6.09 Å². The molecule has 0 aliphatic carbocycles. The molecular weight excluding hydrogens is 368 g/mol. The van der Waals surface area contributed by atoms with Crippen molar-refractivity contribution in [3.63, 3.8) is 0 Å². The van der Waals surface area contributed by atoms with E-state index in [1.807, 2.05) is 55.5 Å².